The number of hydrogen-bond acceptors (Lipinski definition) is 2. The molecular formula is C12H17NS. The molecule has 0 unspecified atom stereocenters. The van der Waals surface area contributed by atoms with Crippen LogP contribution in [0.2, 0.25) is 0 Å². The van der Waals surface area contributed by atoms with E-state index in [4.69, 9.17) is 5.73 Å². The van der Waals surface area contributed by atoms with E-state index in [1.165, 1.54) is 35.5 Å². The molecule has 14 heavy (non-hydrogen) atoms. The minimum atomic E-state index is 0.939. The zero-order chi connectivity index (χ0) is 9.97. The van der Waals surface area contributed by atoms with Crippen molar-refractivity contribution >= 4 is 17.4 Å². The first-order valence-electron chi connectivity index (χ1n) is 5.24. The van der Waals surface area contributed by atoms with Crippen molar-refractivity contribution in [2.24, 2.45) is 5.92 Å². The van der Waals surface area contributed by atoms with Crippen molar-refractivity contribution in [3.8, 4) is 0 Å². The SMILES string of the molecule is Cc1ccc(SCC2CCC2)c(N)c1. The molecule has 76 valence electrons. The van der Waals surface area contributed by atoms with Crippen LogP contribution in [-0.4, -0.2) is 5.75 Å². The van der Waals surface area contributed by atoms with Gasteiger partial charge in [0.1, 0.15) is 0 Å². The van der Waals surface area contributed by atoms with Gasteiger partial charge in [0, 0.05) is 16.3 Å². The van der Waals surface area contributed by atoms with Crippen LogP contribution in [0.15, 0.2) is 23.1 Å². The van der Waals surface area contributed by atoms with E-state index in [1.54, 1.807) is 0 Å². The third-order valence-corrected chi connectivity index (χ3v) is 4.19. The fourth-order valence-electron chi connectivity index (χ4n) is 1.67. The maximum atomic E-state index is 5.95. The van der Waals surface area contributed by atoms with Gasteiger partial charge in [-0.15, -0.1) is 11.8 Å². The lowest BCUT2D eigenvalue weighted by atomic mass is 9.87. The fourth-order valence-corrected chi connectivity index (χ4v) is 2.80. The first kappa shape index (κ1) is 9.91. The van der Waals surface area contributed by atoms with Gasteiger partial charge in [0.25, 0.3) is 0 Å². The van der Waals surface area contributed by atoms with Gasteiger partial charge in [0.2, 0.25) is 0 Å². The highest BCUT2D eigenvalue weighted by Gasteiger charge is 2.17. The summed E-state index contributed by atoms with van der Waals surface area (Å²) in [5, 5.41) is 0. The van der Waals surface area contributed by atoms with Crippen molar-refractivity contribution in [1.29, 1.82) is 0 Å². The Morgan fingerprint density at radius 2 is 2.21 bits per heavy atom. The Labute approximate surface area is 90.1 Å². The average molecular weight is 207 g/mol. The third-order valence-electron chi connectivity index (χ3n) is 2.86. The molecule has 1 aliphatic carbocycles. The van der Waals surface area contributed by atoms with E-state index in [-0.39, 0.29) is 0 Å². The quantitative estimate of drug-likeness (QED) is 0.606. The van der Waals surface area contributed by atoms with Gasteiger partial charge in [-0.1, -0.05) is 12.5 Å². The molecule has 1 fully saturated rings. The van der Waals surface area contributed by atoms with Crippen LogP contribution in [0, 0.1) is 12.8 Å². The van der Waals surface area contributed by atoms with Gasteiger partial charge < -0.3 is 5.73 Å². The zero-order valence-electron chi connectivity index (χ0n) is 8.62. The van der Waals surface area contributed by atoms with Crippen LogP contribution >= 0.6 is 11.8 Å². The lowest BCUT2D eigenvalue weighted by Crippen LogP contribution is -2.13. The number of anilines is 1. The van der Waals surface area contributed by atoms with Crippen LogP contribution in [0.4, 0.5) is 5.69 Å². The van der Waals surface area contributed by atoms with Gasteiger partial charge in [-0.3, -0.25) is 0 Å². The Bertz CT molecular complexity index is 318. The Balaban J connectivity index is 1.94. The number of nitrogens with two attached hydrogens (primary N) is 1. The molecule has 0 aliphatic heterocycles. The molecule has 0 heterocycles. The van der Waals surface area contributed by atoms with Gasteiger partial charge in [0.05, 0.1) is 0 Å². The predicted molar refractivity (Wildman–Crippen MR) is 63.7 cm³/mol. The smallest absolute Gasteiger partial charge is 0.0454 e. The van der Waals surface area contributed by atoms with Crippen molar-refractivity contribution in [2.45, 2.75) is 31.1 Å². The second-order valence-corrected chi connectivity index (χ2v) is 5.21. The molecule has 2 rings (SSSR count). The second kappa shape index (κ2) is 4.26. The first-order chi connectivity index (χ1) is 6.75. The van der Waals surface area contributed by atoms with Crippen LogP contribution in [0.5, 0.6) is 0 Å². The van der Waals surface area contributed by atoms with Crippen LogP contribution in [0.3, 0.4) is 0 Å². The van der Waals surface area contributed by atoms with E-state index >= 15 is 0 Å². The van der Waals surface area contributed by atoms with Gasteiger partial charge in [0.15, 0.2) is 0 Å². The summed E-state index contributed by atoms with van der Waals surface area (Å²) < 4.78 is 0. The van der Waals surface area contributed by atoms with Crippen molar-refractivity contribution in [1.82, 2.24) is 0 Å². The van der Waals surface area contributed by atoms with E-state index < -0.39 is 0 Å². The van der Waals surface area contributed by atoms with Crippen LogP contribution in [0.1, 0.15) is 24.8 Å². The Morgan fingerprint density at radius 3 is 2.79 bits per heavy atom. The number of nitrogen functional groups attached to an aromatic ring is 1. The molecule has 0 spiro atoms. The summed E-state index contributed by atoms with van der Waals surface area (Å²) in [6, 6.07) is 6.34. The Hall–Kier alpha value is -0.630. The molecule has 0 radical (unpaired) electrons. The summed E-state index contributed by atoms with van der Waals surface area (Å²) in [6.07, 6.45) is 4.26. The normalized spacial score (nSPS) is 16.6. The van der Waals surface area contributed by atoms with E-state index in [2.05, 4.69) is 25.1 Å². The van der Waals surface area contributed by atoms with Crippen molar-refractivity contribution in [3.63, 3.8) is 0 Å². The van der Waals surface area contributed by atoms with Crippen molar-refractivity contribution < 1.29 is 0 Å². The fraction of sp³-hybridized carbons (Fsp3) is 0.500. The van der Waals surface area contributed by atoms with E-state index in [0.29, 0.717) is 0 Å². The predicted octanol–water partition coefficient (Wildman–Crippen LogP) is 3.47. The van der Waals surface area contributed by atoms with Crippen molar-refractivity contribution in [3.05, 3.63) is 23.8 Å². The Kier molecular flexibility index (Phi) is 3.02. The second-order valence-electron chi connectivity index (χ2n) is 4.15. The lowest BCUT2D eigenvalue weighted by molar-refractivity contribution is 0.353. The van der Waals surface area contributed by atoms with Gasteiger partial charge >= 0.3 is 0 Å². The number of rotatable bonds is 3. The molecule has 0 saturated heterocycles. The molecule has 1 aromatic carbocycles. The van der Waals surface area contributed by atoms with E-state index in [1.807, 2.05) is 11.8 Å². The zero-order valence-corrected chi connectivity index (χ0v) is 9.44. The summed E-state index contributed by atoms with van der Waals surface area (Å²) in [5.41, 5.74) is 8.13. The minimum absolute atomic E-state index is 0.939. The number of thioether (sulfide) groups is 1. The maximum absolute atomic E-state index is 5.95. The first-order valence-corrected chi connectivity index (χ1v) is 6.23. The topological polar surface area (TPSA) is 26.0 Å². The van der Waals surface area contributed by atoms with Gasteiger partial charge in [-0.25, -0.2) is 0 Å². The summed E-state index contributed by atoms with van der Waals surface area (Å²) in [4.78, 5) is 1.25. The minimum Gasteiger partial charge on any atom is -0.398 e. The number of benzene rings is 1. The van der Waals surface area contributed by atoms with Crippen LogP contribution in [0.25, 0.3) is 0 Å². The molecular weight excluding hydrogens is 190 g/mol. The summed E-state index contributed by atoms with van der Waals surface area (Å²) in [5.74, 6) is 2.19. The van der Waals surface area contributed by atoms with Gasteiger partial charge in [-0.05, 0) is 43.4 Å². The van der Waals surface area contributed by atoms with Crippen molar-refractivity contribution in [2.75, 3.05) is 11.5 Å². The third kappa shape index (κ3) is 2.24. The Morgan fingerprint density at radius 1 is 1.43 bits per heavy atom. The monoisotopic (exact) mass is 207 g/mol. The molecule has 1 aromatic rings. The molecule has 2 N–H and O–H groups in total. The molecule has 0 aromatic heterocycles. The number of hydrogen-bond donors (Lipinski definition) is 1. The molecule has 2 heteroatoms. The average Bonchev–Trinajstić information content (AvgIpc) is 2.05. The highest BCUT2D eigenvalue weighted by molar-refractivity contribution is 7.99. The lowest BCUT2D eigenvalue weighted by Gasteiger charge is -2.24. The molecule has 0 atom stereocenters. The largest absolute Gasteiger partial charge is 0.398 e. The summed E-state index contributed by atoms with van der Waals surface area (Å²) in [7, 11) is 0. The number of aryl methyl sites for hydroxylation is 1. The summed E-state index contributed by atoms with van der Waals surface area (Å²) >= 11 is 1.91. The van der Waals surface area contributed by atoms with Crippen LogP contribution in [-0.2, 0) is 0 Å². The van der Waals surface area contributed by atoms with Crippen LogP contribution < -0.4 is 5.73 Å². The highest BCUT2D eigenvalue weighted by atomic mass is 32.2. The molecule has 1 saturated carbocycles. The molecule has 1 nitrogen and oxygen atoms in total. The summed E-state index contributed by atoms with van der Waals surface area (Å²) in [6.45, 7) is 2.08. The van der Waals surface area contributed by atoms with E-state index in [0.717, 1.165) is 11.6 Å². The standard InChI is InChI=1S/C12H17NS/c1-9-5-6-12(11(13)7-9)14-8-10-3-2-4-10/h5-7,10H,2-4,8,13H2,1H3. The molecule has 1 aliphatic rings. The van der Waals surface area contributed by atoms with Gasteiger partial charge in [-0.2, -0.15) is 0 Å². The molecule has 0 amide bonds. The molecule has 0 bridgehead atoms. The maximum Gasteiger partial charge on any atom is 0.0454 e. The highest BCUT2D eigenvalue weighted by Crippen LogP contribution is 2.34. The van der Waals surface area contributed by atoms with E-state index in [9.17, 15) is 0 Å².